The van der Waals surface area contributed by atoms with E-state index >= 15 is 0 Å². The van der Waals surface area contributed by atoms with Crippen LogP contribution in [0.1, 0.15) is 46.9 Å². The van der Waals surface area contributed by atoms with Crippen LogP contribution in [-0.2, 0) is 16.8 Å². The zero-order valence-electron chi connectivity index (χ0n) is 17.0. The number of rotatable bonds is 4. The number of esters is 1. The number of ether oxygens (including phenoxy) is 1. The third-order valence-corrected chi connectivity index (χ3v) is 6.31. The van der Waals surface area contributed by atoms with Gasteiger partial charge in [-0.25, -0.2) is 9.78 Å². The molecule has 1 aromatic heterocycles. The fourth-order valence-corrected chi connectivity index (χ4v) is 4.50. The van der Waals surface area contributed by atoms with Crippen LogP contribution in [0.25, 0.3) is 0 Å². The number of nitrogens with zero attached hydrogens (tertiary/aromatic N) is 2. The first-order valence-electron chi connectivity index (χ1n) is 10.0. The molecule has 2 atom stereocenters. The Hall–Kier alpha value is -2.97. The summed E-state index contributed by atoms with van der Waals surface area (Å²) in [4.78, 5) is 21.0. The third-order valence-electron chi connectivity index (χ3n) is 5.73. The van der Waals surface area contributed by atoms with Crippen molar-refractivity contribution in [3.63, 3.8) is 0 Å². The summed E-state index contributed by atoms with van der Waals surface area (Å²) < 4.78 is 6.13. The van der Waals surface area contributed by atoms with Gasteiger partial charge in [-0.3, -0.25) is 0 Å². The maximum Gasteiger partial charge on any atom is 0.339 e. The van der Waals surface area contributed by atoms with Crippen molar-refractivity contribution in [1.82, 2.24) is 9.97 Å². The van der Waals surface area contributed by atoms with Gasteiger partial charge in [-0.1, -0.05) is 24.3 Å². The van der Waals surface area contributed by atoms with Gasteiger partial charge in [-0.05, 0) is 59.1 Å². The maximum atomic E-state index is 12.0. The summed E-state index contributed by atoms with van der Waals surface area (Å²) in [5.41, 5.74) is 3.68. The fraction of sp³-hybridized carbons (Fsp3) is 0.261. The van der Waals surface area contributed by atoms with E-state index in [0.29, 0.717) is 28.2 Å². The van der Waals surface area contributed by atoms with Crippen LogP contribution in [0.5, 0.6) is 0 Å². The molecule has 0 saturated carbocycles. The van der Waals surface area contributed by atoms with E-state index in [0.717, 1.165) is 22.4 Å². The van der Waals surface area contributed by atoms with Crippen LogP contribution in [0.4, 0.5) is 17.5 Å². The molecule has 0 fully saturated rings. The van der Waals surface area contributed by atoms with Gasteiger partial charge in [0.25, 0.3) is 0 Å². The zero-order chi connectivity index (χ0) is 21.8. The van der Waals surface area contributed by atoms with Gasteiger partial charge < -0.3 is 20.5 Å². The molecule has 0 amide bonds. The monoisotopic (exact) mass is 480 g/mol. The summed E-state index contributed by atoms with van der Waals surface area (Å²) in [6.45, 7) is 3.73. The second-order valence-corrected chi connectivity index (χ2v) is 9.12. The Balaban J connectivity index is 1.41. The molecule has 0 saturated heterocycles. The van der Waals surface area contributed by atoms with Gasteiger partial charge in [0, 0.05) is 23.9 Å². The Kier molecular flexibility index (Phi) is 4.71. The molecule has 5 rings (SSSR count). The topological polar surface area (TPSA) is 96.4 Å². The summed E-state index contributed by atoms with van der Waals surface area (Å²) in [5, 5.41) is 17.1. The normalized spacial score (nSPS) is 20.7. The summed E-state index contributed by atoms with van der Waals surface area (Å²) >= 11 is 3.49. The minimum absolute atomic E-state index is 0.251. The maximum absolute atomic E-state index is 12.0. The number of anilines is 3. The quantitative estimate of drug-likeness (QED) is 0.474. The van der Waals surface area contributed by atoms with Gasteiger partial charge in [-0.2, -0.15) is 4.98 Å². The lowest BCUT2D eigenvalue weighted by Gasteiger charge is -2.20. The molecule has 0 spiro atoms. The van der Waals surface area contributed by atoms with Crippen molar-refractivity contribution in [2.75, 3.05) is 10.6 Å². The molecule has 31 heavy (non-hydrogen) atoms. The van der Waals surface area contributed by atoms with E-state index in [9.17, 15) is 9.90 Å². The number of carbonyl (C=O) groups excluding carboxylic acids is 1. The van der Waals surface area contributed by atoms with E-state index in [-0.39, 0.29) is 12.0 Å². The number of hydrogen-bond donors (Lipinski definition) is 3. The van der Waals surface area contributed by atoms with Crippen LogP contribution in [0, 0.1) is 0 Å². The minimum atomic E-state index is -0.677. The van der Waals surface area contributed by atoms with Crippen molar-refractivity contribution < 1.29 is 14.6 Å². The molecule has 1 aliphatic heterocycles. The number of benzene rings is 2. The molecule has 2 heterocycles. The van der Waals surface area contributed by atoms with Crippen molar-refractivity contribution in [1.29, 1.82) is 0 Å². The van der Waals surface area contributed by atoms with Gasteiger partial charge in [0.2, 0.25) is 5.95 Å². The molecule has 8 heteroatoms. The second-order valence-electron chi connectivity index (χ2n) is 8.27. The highest BCUT2D eigenvalue weighted by atomic mass is 79.9. The molecule has 3 aromatic rings. The van der Waals surface area contributed by atoms with E-state index in [1.807, 2.05) is 44.2 Å². The van der Waals surface area contributed by atoms with E-state index < -0.39 is 11.7 Å². The molecule has 1 aliphatic carbocycles. The largest absolute Gasteiger partial charge is 0.451 e. The summed E-state index contributed by atoms with van der Waals surface area (Å²) in [5.74, 6) is 0.668. The van der Waals surface area contributed by atoms with E-state index in [1.165, 1.54) is 0 Å². The van der Waals surface area contributed by atoms with Crippen LogP contribution >= 0.6 is 15.9 Å². The number of aliphatic hydroxyl groups excluding tert-OH is 1. The van der Waals surface area contributed by atoms with Crippen LogP contribution in [-0.4, -0.2) is 27.1 Å². The predicted molar refractivity (Wildman–Crippen MR) is 120 cm³/mol. The van der Waals surface area contributed by atoms with Gasteiger partial charge in [0.1, 0.15) is 11.4 Å². The second kappa shape index (κ2) is 7.32. The molecule has 7 nitrogen and oxygen atoms in total. The van der Waals surface area contributed by atoms with Gasteiger partial charge in [-0.15, -0.1) is 0 Å². The highest BCUT2D eigenvalue weighted by molar-refractivity contribution is 9.10. The smallest absolute Gasteiger partial charge is 0.339 e. The number of aromatic nitrogens is 2. The number of halogens is 1. The number of fused-ring (bicyclic) bond motifs is 2. The Morgan fingerprint density at radius 3 is 2.87 bits per heavy atom. The molecular formula is C23H21BrN4O3. The minimum Gasteiger partial charge on any atom is -0.451 e. The predicted octanol–water partition coefficient (Wildman–Crippen LogP) is 4.46. The Bertz CT molecular complexity index is 1200. The molecule has 3 N–H and O–H groups in total. The van der Waals surface area contributed by atoms with E-state index in [4.69, 9.17) is 4.74 Å². The lowest BCUT2D eigenvalue weighted by molar-refractivity contribution is 0.00954. The van der Waals surface area contributed by atoms with E-state index in [1.54, 1.807) is 18.3 Å². The average Bonchev–Trinajstić information content (AvgIpc) is 3.17. The van der Waals surface area contributed by atoms with Gasteiger partial charge in [0.05, 0.1) is 22.2 Å². The number of aliphatic hydroxyl groups is 1. The van der Waals surface area contributed by atoms with Crippen molar-refractivity contribution in [3.8, 4) is 0 Å². The average molecular weight is 481 g/mol. The SMILES string of the molecule is CC1(C)OC(=O)c2ccc(Nc3ncc(Br)c(NC4c5ccccc5CC4O)n3)cc21. The van der Waals surface area contributed by atoms with Crippen molar-refractivity contribution in [2.24, 2.45) is 0 Å². The fourth-order valence-electron chi connectivity index (χ4n) is 4.19. The summed E-state index contributed by atoms with van der Waals surface area (Å²) in [6.07, 6.45) is 1.73. The van der Waals surface area contributed by atoms with Crippen molar-refractivity contribution in [3.05, 3.63) is 75.4 Å². The number of carbonyl (C=O) groups is 1. The molecule has 0 radical (unpaired) electrons. The van der Waals surface area contributed by atoms with Crippen LogP contribution < -0.4 is 10.6 Å². The van der Waals surface area contributed by atoms with Crippen molar-refractivity contribution >= 4 is 39.4 Å². The molecule has 2 unspecified atom stereocenters. The zero-order valence-corrected chi connectivity index (χ0v) is 18.6. The number of hydrogen-bond acceptors (Lipinski definition) is 7. The first-order chi connectivity index (χ1) is 14.8. The Morgan fingerprint density at radius 2 is 2.03 bits per heavy atom. The van der Waals surface area contributed by atoms with Crippen LogP contribution in [0.3, 0.4) is 0 Å². The summed E-state index contributed by atoms with van der Waals surface area (Å²) in [7, 11) is 0. The number of nitrogens with one attached hydrogen (secondary N) is 2. The molecular weight excluding hydrogens is 460 g/mol. The lowest BCUT2D eigenvalue weighted by atomic mass is 9.95. The van der Waals surface area contributed by atoms with Crippen molar-refractivity contribution in [2.45, 2.75) is 38.0 Å². The van der Waals surface area contributed by atoms with Crippen LogP contribution in [0.15, 0.2) is 53.1 Å². The Labute approximate surface area is 188 Å². The van der Waals surface area contributed by atoms with Crippen LogP contribution in [0.2, 0.25) is 0 Å². The third kappa shape index (κ3) is 3.55. The first-order valence-corrected chi connectivity index (χ1v) is 10.8. The van der Waals surface area contributed by atoms with E-state index in [2.05, 4.69) is 36.5 Å². The Morgan fingerprint density at radius 1 is 1.23 bits per heavy atom. The standard InChI is InChI=1S/C23H21BrN4O3/c1-23(2)16-10-13(7-8-15(16)21(30)31-23)26-22-25-11-17(24)20(28-22)27-19-14-6-4-3-5-12(14)9-18(19)29/h3-8,10-11,18-19,29H,9H2,1-2H3,(H2,25,26,27,28). The molecule has 158 valence electrons. The highest BCUT2D eigenvalue weighted by Crippen LogP contribution is 2.38. The summed E-state index contributed by atoms with van der Waals surface area (Å²) in [6, 6.07) is 13.2. The van der Waals surface area contributed by atoms with Gasteiger partial charge in [0.15, 0.2) is 0 Å². The number of cyclic esters (lactones) is 1. The first kappa shape index (κ1) is 20.0. The van der Waals surface area contributed by atoms with Gasteiger partial charge >= 0.3 is 5.97 Å². The molecule has 2 aliphatic rings. The molecule has 0 bridgehead atoms. The molecule has 2 aromatic carbocycles. The lowest BCUT2D eigenvalue weighted by Crippen LogP contribution is -2.22. The highest BCUT2D eigenvalue weighted by Gasteiger charge is 2.37.